The van der Waals surface area contributed by atoms with Crippen LogP contribution >= 0.6 is 0 Å². The fourth-order valence-electron chi connectivity index (χ4n) is 1.14. The van der Waals surface area contributed by atoms with Gasteiger partial charge in [-0.1, -0.05) is 12.2 Å². The third kappa shape index (κ3) is 2.13. The molecule has 0 fully saturated rings. The van der Waals surface area contributed by atoms with Gasteiger partial charge in [0.2, 0.25) is 0 Å². The average Bonchev–Trinajstić information content (AvgIpc) is 2.20. The van der Waals surface area contributed by atoms with Crippen molar-refractivity contribution in [2.45, 2.75) is 6.92 Å². The molecule has 0 aliphatic rings. The first kappa shape index (κ1) is 10.3. The maximum atomic E-state index is 11.2. The van der Waals surface area contributed by atoms with Crippen molar-refractivity contribution in [1.29, 1.82) is 0 Å². The van der Waals surface area contributed by atoms with Crippen molar-refractivity contribution in [3.05, 3.63) is 35.4 Å². The molecule has 2 N–H and O–H groups in total. The van der Waals surface area contributed by atoms with Crippen LogP contribution in [0.2, 0.25) is 0 Å². The van der Waals surface area contributed by atoms with Gasteiger partial charge in [-0.2, -0.15) is 0 Å². The third-order valence-electron chi connectivity index (χ3n) is 1.85. The monoisotopic (exact) mass is 191 g/mol. The lowest BCUT2D eigenvalue weighted by Crippen LogP contribution is -2.02. The summed E-state index contributed by atoms with van der Waals surface area (Å²) in [5.41, 5.74) is 7.70. The minimum absolute atomic E-state index is 0.351. The Bertz CT molecular complexity index is 370. The van der Waals surface area contributed by atoms with Crippen LogP contribution in [0.15, 0.2) is 24.3 Å². The second-order valence-corrected chi connectivity index (χ2v) is 2.84. The highest BCUT2D eigenvalue weighted by Gasteiger charge is 2.06. The van der Waals surface area contributed by atoms with E-state index < -0.39 is 0 Å². The SMILES string of the molecule is CC=Cc1cc(C(=O)OC)ccc1N. The Kier molecular flexibility index (Phi) is 3.29. The van der Waals surface area contributed by atoms with Crippen molar-refractivity contribution in [2.75, 3.05) is 12.8 Å². The smallest absolute Gasteiger partial charge is 0.337 e. The number of nitrogen functional groups attached to an aromatic ring is 1. The van der Waals surface area contributed by atoms with Gasteiger partial charge in [0, 0.05) is 5.69 Å². The van der Waals surface area contributed by atoms with E-state index in [0.717, 1.165) is 5.56 Å². The van der Waals surface area contributed by atoms with Gasteiger partial charge in [0.25, 0.3) is 0 Å². The van der Waals surface area contributed by atoms with Crippen LogP contribution in [0.3, 0.4) is 0 Å². The minimum atomic E-state index is -0.351. The third-order valence-corrected chi connectivity index (χ3v) is 1.85. The number of rotatable bonds is 2. The van der Waals surface area contributed by atoms with Crippen LogP contribution < -0.4 is 5.73 Å². The van der Waals surface area contributed by atoms with Gasteiger partial charge in [0.15, 0.2) is 0 Å². The van der Waals surface area contributed by atoms with Gasteiger partial charge in [-0.25, -0.2) is 4.79 Å². The van der Waals surface area contributed by atoms with Crippen LogP contribution in [0.1, 0.15) is 22.8 Å². The number of nitrogens with two attached hydrogens (primary N) is 1. The fourth-order valence-corrected chi connectivity index (χ4v) is 1.14. The minimum Gasteiger partial charge on any atom is -0.465 e. The van der Waals surface area contributed by atoms with Crippen molar-refractivity contribution in [3.8, 4) is 0 Å². The molecular weight excluding hydrogens is 178 g/mol. The van der Waals surface area contributed by atoms with Crippen molar-refractivity contribution in [1.82, 2.24) is 0 Å². The van der Waals surface area contributed by atoms with E-state index >= 15 is 0 Å². The first-order chi connectivity index (χ1) is 6.69. The van der Waals surface area contributed by atoms with E-state index in [9.17, 15) is 4.79 Å². The van der Waals surface area contributed by atoms with Crippen LogP contribution in [-0.2, 0) is 4.74 Å². The predicted octanol–water partition coefficient (Wildman–Crippen LogP) is 2.09. The molecule has 0 saturated carbocycles. The molecule has 0 unspecified atom stereocenters. The van der Waals surface area contributed by atoms with E-state index in [1.807, 2.05) is 19.1 Å². The molecule has 74 valence electrons. The normalized spacial score (nSPS) is 10.4. The molecule has 0 aliphatic carbocycles. The highest BCUT2D eigenvalue weighted by molar-refractivity contribution is 5.91. The Labute approximate surface area is 83.2 Å². The number of allylic oxidation sites excluding steroid dienone is 1. The van der Waals surface area contributed by atoms with Gasteiger partial charge < -0.3 is 10.5 Å². The summed E-state index contributed by atoms with van der Waals surface area (Å²) in [6, 6.07) is 5.05. The number of benzene rings is 1. The summed E-state index contributed by atoms with van der Waals surface area (Å²) in [5.74, 6) is -0.351. The predicted molar refractivity (Wildman–Crippen MR) is 56.9 cm³/mol. The molecule has 14 heavy (non-hydrogen) atoms. The molecule has 3 heteroatoms. The van der Waals surface area contributed by atoms with Crippen molar-refractivity contribution in [2.24, 2.45) is 0 Å². The van der Waals surface area contributed by atoms with Gasteiger partial charge in [-0.3, -0.25) is 0 Å². The number of hydrogen-bond acceptors (Lipinski definition) is 3. The van der Waals surface area contributed by atoms with Crippen LogP contribution in [0.4, 0.5) is 5.69 Å². The summed E-state index contributed by atoms with van der Waals surface area (Å²) >= 11 is 0. The fraction of sp³-hybridized carbons (Fsp3) is 0.182. The Hall–Kier alpha value is -1.77. The van der Waals surface area contributed by atoms with E-state index in [2.05, 4.69) is 4.74 Å². The van der Waals surface area contributed by atoms with Gasteiger partial charge in [-0.15, -0.1) is 0 Å². The van der Waals surface area contributed by atoms with Crippen LogP contribution in [0.25, 0.3) is 6.08 Å². The molecule has 0 bridgehead atoms. The maximum Gasteiger partial charge on any atom is 0.337 e. The van der Waals surface area contributed by atoms with E-state index in [-0.39, 0.29) is 5.97 Å². The van der Waals surface area contributed by atoms with Crippen molar-refractivity contribution < 1.29 is 9.53 Å². The van der Waals surface area contributed by atoms with E-state index in [1.54, 1.807) is 18.2 Å². The molecule has 0 aromatic heterocycles. The first-order valence-corrected chi connectivity index (χ1v) is 4.29. The largest absolute Gasteiger partial charge is 0.465 e. The number of methoxy groups -OCH3 is 1. The molecule has 0 amide bonds. The second kappa shape index (κ2) is 4.46. The molecular formula is C11H13NO2. The molecule has 0 spiro atoms. The second-order valence-electron chi connectivity index (χ2n) is 2.84. The zero-order chi connectivity index (χ0) is 10.6. The number of hydrogen-bond donors (Lipinski definition) is 1. The zero-order valence-electron chi connectivity index (χ0n) is 8.28. The van der Waals surface area contributed by atoms with Crippen LogP contribution in [-0.4, -0.2) is 13.1 Å². The van der Waals surface area contributed by atoms with E-state index in [1.165, 1.54) is 7.11 Å². The summed E-state index contributed by atoms with van der Waals surface area (Å²) in [6.45, 7) is 1.89. The molecule has 1 aromatic carbocycles. The summed E-state index contributed by atoms with van der Waals surface area (Å²) < 4.78 is 4.61. The van der Waals surface area contributed by atoms with Gasteiger partial charge in [0.05, 0.1) is 12.7 Å². The van der Waals surface area contributed by atoms with Crippen molar-refractivity contribution >= 4 is 17.7 Å². The number of ether oxygens (including phenoxy) is 1. The maximum absolute atomic E-state index is 11.2. The molecule has 0 heterocycles. The molecule has 1 aromatic rings. The topological polar surface area (TPSA) is 52.3 Å². The van der Waals surface area contributed by atoms with Crippen LogP contribution in [0.5, 0.6) is 0 Å². The molecule has 0 aliphatic heterocycles. The molecule has 0 radical (unpaired) electrons. The van der Waals surface area contributed by atoms with Gasteiger partial charge in [0.1, 0.15) is 0 Å². The lowest BCUT2D eigenvalue weighted by molar-refractivity contribution is 0.0601. The number of esters is 1. The van der Waals surface area contributed by atoms with Crippen molar-refractivity contribution in [3.63, 3.8) is 0 Å². The van der Waals surface area contributed by atoms with E-state index in [4.69, 9.17) is 5.73 Å². The number of carbonyl (C=O) groups excluding carboxylic acids is 1. The molecule has 0 saturated heterocycles. The summed E-state index contributed by atoms with van der Waals surface area (Å²) in [5, 5.41) is 0. The molecule has 3 nitrogen and oxygen atoms in total. The highest BCUT2D eigenvalue weighted by atomic mass is 16.5. The van der Waals surface area contributed by atoms with Crippen LogP contribution in [0, 0.1) is 0 Å². The molecule has 1 rings (SSSR count). The molecule has 0 atom stereocenters. The first-order valence-electron chi connectivity index (χ1n) is 4.29. The quantitative estimate of drug-likeness (QED) is 0.575. The highest BCUT2D eigenvalue weighted by Crippen LogP contribution is 2.16. The van der Waals surface area contributed by atoms with Gasteiger partial charge in [-0.05, 0) is 30.7 Å². The summed E-state index contributed by atoms with van der Waals surface area (Å²) in [6.07, 6.45) is 3.72. The lowest BCUT2D eigenvalue weighted by atomic mass is 10.1. The van der Waals surface area contributed by atoms with E-state index in [0.29, 0.717) is 11.3 Å². The number of anilines is 1. The Balaban J connectivity index is 3.12. The van der Waals surface area contributed by atoms with Gasteiger partial charge >= 0.3 is 5.97 Å². The summed E-state index contributed by atoms with van der Waals surface area (Å²) in [4.78, 5) is 11.2. The summed E-state index contributed by atoms with van der Waals surface area (Å²) in [7, 11) is 1.36. The Morgan fingerprint density at radius 2 is 2.21 bits per heavy atom. The average molecular weight is 191 g/mol. The Morgan fingerprint density at radius 3 is 2.79 bits per heavy atom. The number of carbonyl (C=O) groups is 1. The standard InChI is InChI=1S/C11H13NO2/c1-3-4-8-7-9(11(13)14-2)5-6-10(8)12/h3-7H,12H2,1-2H3. The Morgan fingerprint density at radius 1 is 1.50 bits per heavy atom. The zero-order valence-corrected chi connectivity index (χ0v) is 8.28. The lowest BCUT2D eigenvalue weighted by Gasteiger charge is -2.03.